The van der Waals surface area contributed by atoms with Crippen LogP contribution in [-0.2, 0) is 33.8 Å². The molecule has 3 N–H and O–H groups in total. The highest BCUT2D eigenvalue weighted by Gasteiger charge is 2.28. The molecule has 8 nitrogen and oxygen atoms in total. The second kappa shape index (κ2) is 19.7. The zero-order valence-corrected chi connectivity index (χ0v) is 27.9. The van der Waals surface area contributed by atoms with Crippen molar-refractivity contribution in [2.75, 3.05) is 18.4 Å². The number of carbonyl (C=O) groups is 4. The van der Waals surface area contributed by atoms with Crippen LogP contribution >= 0.6 is 0 Å². The van der Waals surface area contributed by atoms with Gasteiger partial charge >= 0.3 is 5.97 Å². The molecule has 3 amide bonds. The number of aliphatic carboxylic acids is 1. The smallest absolute Gasteiger partial charge is 0.306 e. The van der Waals surface area contributed by atoms with Gasteiger partial charge < -0.3 is 20.6 Å². The van der Waals surface area contributed by atoms with Crippen molar-refractivity contribution in [1.29, 1.82) is 0 Å². The third kappa shape index (κ3) is 12.2. The first kappa shape index (κ1) is 36.7. The Balaban J connectivity index is 0.00000192. The van der Waals surface area contributed by atoms with E-state index in [2.05, 4.69) is 55.7 Å². The van der Waals surface area contributed by atoms with E-state index in [-0.39, 0.29) is 37.1 Å². The van der Waals surface area contributed by atoms with Crippen LogP contribution < -0.4 is 10.6 Å². The van der Waals surface area contributed by atoms with Crippen LogP contribution in [-0.4, -0.2) is 46.8 Å². The Kier molecular flexibility index (Phi) is 15.4. The fourth-order valence-corrected chi connectivity index (χ4v) is 5.46. The van der Waals surface area contributed by atoms with Crippen molar-refractivity contribution in [3.05, 3.63) is 113 Å². The highest BCUT2D eigenvalue weighted by molar-refractivity contribution is 5.98. The molecule has 1 aliphatic rings. The minimum Gasteiger partial charge on any atom is -0.481 e. The summed E-state index contributed by atoms with van der Waals surface area (Å²) in [6.45, 7) is 7.09. The molecule has 8 heteroatoms. The summed E-state index contributed by atoms with van der Waals surface area (Å²) in [6, 6.07) is 24.8. The van der Waals surface area contributed by atoms with Gasteiger partial charge in [0, 0.05) is 30.3 Å². The molecule has 0 saturated carbocycles. The predicted octanol–water partition coefficient (Wildman–Crippen LogP) is 7.05. The summed E-state index contributed by atoms with van der Waals surface area (Å²) in [6.07, 6.45) is 8.34. The first-order valence-corrected chi connectivity index (χ1v) is 16.7. The van der Waals surface area contributed by atoms with Gasteiger partial charge in [-0.15, -0.1) is 0 Å². The van der Waals surface area contributed by atoms with Gasteiger partial charge in [0.1, 0.15) is 0 Å². The molecule has 3 aromatic rings. The fraction of sp³-hybridized carbons (Fsp3) is 0.385. The van der Waals surface area contributed by atoms with Crippen LogP contribution in [0.2, 0.25) is 0 Å². The van der Waals surface area contributed by atoms with Crippen molar-refractivity contribution in [2.45, 2.75) is 72.3 Å². The van der Waals surface area contributed by atoms with Crippen LogP contribution in [0.3, 0.4) is 0 Å². The molecular weight excluding hydrogens is 590 g/mol. The molecule has 0 fully saturated rings. The lowest BCUT2D eigenvalue weighted by Gasteiger charge is -2.20. The number of benzene rings is 3. The number of fused-ring (bicyclic) bond motifs is 1. The highest BCUT2D eigenvalue weighted by atomic mass is 16.4. The van der Waals surface area contributed by atoms with Crippen LogP contribution in [0.4, 0.5) is 5.69 Å². The van der Waals surface area contributed by atoms with E-state index in [0.29, 0.717) is 37.2 Å². The molecule has 3 aromatic carbocycles. The summed E-state index contributed by atoms with van der Waals surface area (Å²) < 4.78 is 0. The van der Waals surface area contributed by atoms with Gasteiger partial charge in [-0.2, -0.15) is 0 Å². The molecule has 0 spiro atoms. The number of carboxylic acid groups (broad SMARTS) is 1. The van der Waals surface area contributed by atoms with E-state index >= 15 is 0 Å². The number of para-hydroxylation sites is 1. The summed E-state index contributed by atoms with van der Waals surface area (Å²) in [5.41, 5.74) is 4.66. The Labute approximate surface area is 279 Å². The number of carboxylic acids is 1. The van der Waals surface area contributed by atoms with Gasteiger partial charge in [0.15, 0.2) is 0 Å². The van der Waals surface area contributed by atoms with E-state index < -0.39 is 17.8 Å². The molecule has 4 rings (SSSR count). The number of amides is 3. The van der Waals surface area contributed by atoms with Crippen molar-refractivity contribution >= 4 is 29.4 Å². The van der Waals surface area contributed by atoms with Crippen LogP contribution in [0.15, 0.2) is 91.0 Å². The summed E-state index contributed by atoms with van der Waals surface area (Å²) in [7, 11) is 0. The average Bonchev–Trinajstić information content (AvgIpc) is 3.39. The summed E-state index contributed by atoms with van der Waals surface area (Å²) in [5, 5.41) is 15.5. The Morgan fingerprint density at radius 2 is 1.49 bits per heavy atom. The van der Waals surface area contributed by atoms with E-state index in [1.807, 2.05) is 48.5 Å². The maximum absolute atomic E-state index is 13.3. The number of nitrogens with zero attached hydrogens (tertiary/aromatic N) is 1. The Morgan fingerprint density at radius 1 is 0.851 bits per heavy atom. The monoisotopic (exact) mass is 639 g/mol. The first-order chi connectivity index (χ1) is 22.7. The second-order valence-electron chi connectivity index (χ2n) is 12.0. The zero-order chi connectivity index (χ0) is 34.0. The van der Waals surface area contributed by atoms with E-state index in [1.165, 1.54) is 12.0 Å². The first-order valence-electron chi connectivity index (χ1n) is 16.7. The second-order valence-corrected chi connectivity index (χ2v) is 12.0. The number of hydrogen-bond acceptors (Lipinski definition) is 4. The van der Waals surface area contributed by atoms with Gasteiger partial charge in [0.2, 0.25) is 11.8 Å². The van der Waals surface area contributed by atoms with Crippen molar-refractivity contribution < 1.29 is 24.3 Å². The number of hydrogen-bond donors (Lipinski definition) is 3. The molecule has 1 heterocycles. The van der Waals surface area contributed by atoms with Crippen LogP contribution in [0.25, 0.3) is 0 Å². The van der Waals surface area contributed by atoms with Crippen LogP contribution in [0, 0.1) is 11.8 Å². The van der Waals surface area contributed by atoms with Gasteiger partial charge in [-0.1, -0.05) is 106 Å². The largest absolute Gasteiger partial charge is 0.481 e. The molecule has 0 saturated heterocycles. The van der Waals surface area contributed by atoms with Crippen molar-refractivity contribution in [1.82, 2.24) is 10.2 Å². The third-order valence-corrected chi connectivity index (χ3v) is 7.92. The van der Waals surface area contributed by atoms with Crippen molar-refractivity contribution in [2.24, 2.45) is 11.8 Å². The Bertz CT molecular complexity index is 1470. The number of allylic oxidation sites excluding steroid dienone is 1. The predicted molar refractivity (Wildman–Crippen MR) is 187 cm³/mol. The maximum Gasteiger partial charge on any atom is 0.306 e. The quantitative estimate of drug-likeness (QED) is 0.145. The van der Waals surface area contributed by atoms with E-state index in [4.69, 9.17) is 0 Å². The Morgan fingerprint density at radius 3 is 2.13 bits per heavy atom. The maximum atomic E-state index is 13.3. The third-order valence-electron chi connectivity index (χ3n) is 7.92. The van der Waals surface area contributed by atoms with E-state index in [1.54, 1.807) is 23.1 Å². The number of nitrogens with one attached hydrogen (secondary N) is 2. The van der Waals surface area contributed by atoms with Crippen molar-refractivity contribution in [3.63, 3.8) is 0 Å². The van der Waals surface area contributed by atoms with Crippen LogP contribution in [0.5, 0.6) is 0 Å². The number of carbonyl (C=O) groups excluding carboxylic acids is 3. The van der Waals surface area contributed by atoms with Gasteiger partial charge in [0.25, 0.3) is 5.91 Å². The lowest BCUT2D eigenvalue weighted by atomic mass is 9.87. The summed E-state index contributed by atoms with van der Waals surface area (Å²) in [5.74, 6) is -3.10. The minimum absolute atomic E-state index is 0.0317. The lowest BCUT2D eigenvalue weighted by molar-refractivity contribution is -0.142. The van der Waals surface area contributed by atoms with Crippen molar-refractivity contribution in [3.8, 4) is 0 Å². The van der Waals surface area contributed by atoms with Gasteiger partial charge in [-0.3, -0.25) is 19.2 Å². The topological polar surface area (TPSA) is 116 Å². The van der Waals surface area contributed by atoms with E-state index in [0.717, 1.165) is 24.0 Å². The standard InChI is InChI=1S/C36H41N3O5.C3H8/c1-2-10-26-16-18-27(19-17-26)20-21-28(34(41)37-24-33(40)38-31-13-4-3-5-14-31)23-29(36(43)44)11-8-9-22-39-25-30-12-6-7-15-32(30)35(39)42;1-3-2/h3-9,12-19,28-29H,2,10-11,20-25H2,1H3,(H,37,41)(H,38,40)(H,43,44);3H2,1-2H3/b9-8+;/t28-,29?;/m1./s1. The molecule has 0 radical (unpaired) electrons. The number of rotatable bonds is 16. The van der Waals surface area contributed by atoms with Gasteiger partial charge in [0.05, 0.1) is 12.5 Å². The number of anilines is 1. The lowest BCUT2D eigenvalue weighted by Crippen LogP contribution is -2.38. The number of aryl methyl sites for hydroxylation is 2. The normalized spacial score (nSPS) is 13.3. The highest BCUT2D eigenvalue weighted by Crippen LogP contribution is 2.24. The molecule has 47 heavy (non-hydrogen) atoms. The fourth-order valence-electron chi connectivity index (χ4n) is 5.46. The summed E-state index contributed by atoms with van der Waals surface area (Å²) in [4.78, 5) is 52.4. The molecule has 0 aromatic heterocycles. The van der Waals surface area contributed by atoms with Crippen LogP contribution in [0.1, 0.15) is 79.9 Å². The van der Waals surface area contributed by atoms with Gasteiger partial charge in [-0.25, -0.2) is 0 Å². The molecular formula is C39H49N3O5. The Hall–Kier alpha value is -4.72. The molecule has 250 valence electrons. The van der Waals surface area contributed by atoms with Gasteiger partial charge in [-0.05, 0) is 67.0 Å². The SMILES string of the molecule is CCC.CCCc1ccc(CC[C@H](CC(C/C=C/CN2Cc3ccccc3C2=O)C(=O)O)C(=O)NCC(=O)Nc2ccccc2)cc1. The molecule has 0 aliphatic carbocycles. The molecule has 2 atom stereocenters. The molecule has 0 bridgehead atoms. The van der Waals surface area contributed by atoms with E-state index in [9.17, 15) is 24.3 Å². The minimum atomic E-state index is -0.983. The zero-order valence-electron chi connectivity index (χ0n) is 27.9. The average molecular weight is 640 g/mol. The molecule has 1 unspecified atom stereocenters. The summed E-state index contributed by atoms with van der Waals surface area (Å²) >= 11 is 0. The molecule has 1 aliphatic heterocycles.